The van der Waals surface area contributed by atoms with Crippen LogP contribution in [0.4, 0.5) is 0 Å². The molecule has 1 rings (SSSR count). The lowest BCUT2D eigenvalue weighted by molar-refractivity contribution is -0.155. The molecule has 0 heterocycles. The van der Waals surface area contributed by atoms with Crippen molar-refractivity contribution in [3.05, 3.63) is 34.3 Å². The number of esters is 1. The largest absolute Gasteiger partial charge is 0.459 e. The van der Waals surface area contributed by atoms with E-state index in [2.05, 4.69) is 5.16 Å². The van der Waals surface area contributed by atoms with Crippen LogP contribution in [-0.2, 0) is 16.1 Å². The number of amidine groups is 1. The van der Waals surface area contributed by atoms with Crippen molar-refractivity contribution in [1.82, 2.24) is 4.90 Å². The average molecular weight is 328 g/mol. The minimum atomic E-state index is -0.502. The van der Waals surface area contributed by atoms with E-state index in [1.54, 1.807) is 30.1 Å². The van der Waals surface area contributed by atoms with Crippen LogP contribution in [0, 0.1) is 0 Å². The molecule has 0 aliphatic heterocycles. The molecule has 0 bridgehead atoms. The van der Waals surface area contributed by atoms with Gasteiger partial charge in [-0.25, -0.2) is 0 Å². The lowest BCUT2D eigenvalue weighted by Crippen LogP contribution is -2.32. The van der Waals surface area contributed by atoms with Crippen LogP contribution in [0.15, 0.2) is 23.4 Å². The number of hydrogen-bond acceptors (Lipinski definition) is 5. The van der Waals surface area contributed by atoms with Crippen LogP contribution in [0.5, 0.6) is 0 Å². The van der Waals surface area contributed by atoms with E-state index in [1.165, 1.54) is 0 Å². The summed E-state index contributed by atoms with van der Waals surface area (Å²) in [7, 11) is 1.80. The first-order valence-corrected chi connectivity index (χ1v) is 7.17. The highest BCUT2D eigenvalue weighted by Crippen LogP contribution is 2.19. The van der Waals surface area contributed by atoms with Crippen molar-refractivity contribution in [1.29, 1.82) is 0 Å². The summed E-state index contributed by atoms with van der Waals surface area (Å²) in [6.07, 6.45) is 0. The van der Waals surface area contributed by atoms with Gasteiger partial charge in [-0.05, 0) is 39.4 Å². The zero-order valence-corrected chi connectivity index (χ0v) is 14.0. The number of rotatable bonds is 5. The maximum absolute atomic E-state index is 11.8. The molecule has 22 heavy (non-hydrogen) atoms. The van der Waals surface area contributed by atoms with Crippen molar-refractivity contribution >= 4 is 23.4 Å². The van der Waals surface area contributed by atoms with E-state index in [-0.39, 0.29) is 18.3 Å². The Morgan fingerprint density at radius 1 is 1.45 bits per heavy atom. The first kappa shape index (κ1) is 18.3. The van der Waals surface area contributed by atoms with Crippen LogP contribution in [0.25, 0.3) is 0 Å². The Labute approximate surface area is 135 Å². The highest BCUT2D eigenvalue weighted by molar-refractivity contribution is 6.31. The Bertz CT molecular complexity index is 568. The third-order valence-electron chi connectivity index (χ3n) is 2.72. The molecule has 1 aromatic carbocycles. The average Bonchev–Trinajstić information content (AvgIpc) is 2.37. The summed E-state index contributed by atoms with van der Waals surface area (Å²) in [5.74, 6) is -0.296. The fraction of sp³-hybridized carbons (Fsp3) is 0.467. The molecule has 7 heteroatoms. The fourth-order valence-corrected chi connectivity index (χ4v) is 2.07. The van der Waals surface area contributed by atoms with E-state index in [9.17, 15) is 4.79 Å². The normalized spacial score (nSPS) is 12.5. The Morgan fingerprint density at radius 2 is 2.09 bits per heavy atom. The van der Waals surface area contributed by atoms with Gasteiger partial charge in [0.15, 0.2) is 5.84 Å². The second-order valence-corrected chi connectivity index (χ2v) is 6.46. The van der Waals surface area contributed by atoms with Gasteiger partial charge in [0.25, 0.3) is 0 Å². The first-order valence-electron chi connectivity index (χ1n) is 6.79. The number of carbonyl (C=O) groups is 1. The number of carbonyl (C=O) groups excluding carboxylic acids is 1. The topological polar surface area (TPSA) is 88.2 Å². The van der Waals surface area contributed by atoms with Crippen molar-refractivity contribution in [3.63, 3.8) is 0 Å². The lowest BCUT2D eigenvalue weighted by Gasteiger charge is -2.22. The Hall–Kier alpha value is -1.79. The maximum Gasteiger partial charge on any atom is 0.320 e. The Morgan fingerprint density at radius 3 is 2.59 bits per heavy atom. The SMILES string of the molecule is CN(CC(=O)OC(C)(C)C)Cc1ccc(/C(N)=N/O)cc1Cl. The second-order valence-electron chi connectivity index (χ2n) is 6.05. The molecular formula is C15H22ClN3O3. The molecule has 0 saturated carbocycles. The number of ether oxygens (including phenoxy) is 1. The second kappa shape index (κ2) is 7.47. The molecule has 3 N–H and O–H groups in total. The highest BCUT2D eigenvalue weighted by Gasteiger charge is 2.18. The van der Waals surface area contributed by atoms with E-state index >= 15 is 0 Å². The number of nitrogens with zero attached hydrogens (tertiary/aromatic N) is 2. The van der Waals surface area contributed by atoms with Gasteiger partial charge in [0.2, 0.25) is 0 Å². The van der Waals surface area contributed by atoms with Crippen LogP contribution >= 0.6 is 11.6 Å². The molecule has 0 amide bonds. The van der Waals surface area contributed by atoms with Gasteiger partial charge in [-0.15, -0.1) is 0 Å². The van der Waals surface area contributed by atoms with Crippen molar-refractivity contribution in [3.8, 4) is 0 Å². The number of benzene rings is 1. The molecule has 0 unspecified atom stereocenters. The summed E-state index contributed by atoms with van der Waals surface area (Å²) in [6.45, 7) is 6.12. The molecule has 6 nitrogen and oxygen atoms in total. The quantitative estimate of drug-likeness (QED) is 0.284. The molecule has 122 valence electrons. The van der Waals surface area contributed by atoms with Gasteiger partial charge in [0.05, 0.1) is 6.54 Å². The molecule has 0 radical (unpaired) electrons. The highest BCUT2D eigenvalue weighted by atomic mass is 35.5. The molecule has 0 aromatic heterocycles. The van der Waals surface area contributed by atoms with Gasteiger partial charge >= 0.3 is 5.97 Å². The van der Waals surface area contributed by atoms with Gasteiger partial charge in [-0.3, -0.25) is 9.69 Å². The van der Waals surface area contributed by atoms with E-state index in [0.717, 1.165) is 5.56 Å². The van der Waals surface area contributed by atoms with Crippen LogP contribution < -0.4 is 5.73 Å². The molecule has 0 atom stereocenters. The summed E-state index contributed by atoms with van der Waals surface area (Å²) >= 11 is 6.18. The van der Waals surface area contributed by atoms with E-state index in [0.29, 0.717) is 17.1 Å². The molecular weight excluding hydrogens is 306 g/mol. The summed E-state index contributed by atoms with van der Waals surface area (Å²) in [4.78, 5) is 13.6. The summed E-state index contributed by atoms with van der Waals surface area (Å²) in [6, 6.07) is 5.10. The van der Waals surface area contributed by atoms with E-state index in [4.69, 9.17) is 27.3 Å². The fourth-order valence-electron chi connectivity index (χ4n) is 1.83. The lowest BCUT2D eigenvalue weighted by atomic mass is 10.1. The number of nitrogens with two attached hydrogens (primary N) is 1. The minimum absolute atomic E-state index is 0.00411. The van der Waals surface area contributed by atoms with E-state index < -0.39 is 5.60 Å². The van der Waals surface area contributed by atoms with Gasteiger partial charge < -0.3 is 15.7 Å². The molecule has 0 spiro atoms. The van der Waals surface area contributed by atoms with Crippen molar-refractivity contribution in [2.45, 2.75) is 32.9 Å². The van der Waals surface area contributed by atoms with Crippen LogP contribution in [0.3, 0.4) is 0 Å². The molecule has 0 aliphatic rings. The maximum atomic E-state index is 11.8. The van der Waals surface area contributed by atoms with Crippen molar-refractivity contribution < 1.29 is 14.7 Å². The Kier molecular flexibility index (Phi) is 6.20. The monoisotopic (exact) mass is 327 g/mol. The third-order valence-corrected chi connectivity index (χ3v) is 3.07. The van der Waals surface area contributed by atoms with Crippen molar-refractivity contribution in [2.75, 3.05) is 13.6 Å². The smallest absolute Gasteiger partial charge is 0.320 e. The number of halogens is 1. The van der Waals surface area contributed by atoms with Crippen molar-refractivity contribution in [2.24, 2.45) is 10.9 Å². The Balaban J connectivity index is 2.69. The summed E-state index contributed by atoms with van der Waals surface area (Å²) in [5, 5.41) is 12.1. The van der Waals surface area contributed by atoms with Crippen LogP contribution in [-0.4, -0.2) is 41.1 Å². The van der Waals surface area contributed by atoms with E-state index in [1.807, 2.05) is 20.8 Å². The number of hydrogen-bond donors (Lipinski definition) is 2. The summed E-state index contributed by atoms with van der Waals surface area (Å²) < 4.78 is 5.27. The zero-order chi connectivity index (χ0) is 16.9. The molecule has 0 aliphatic carbocycles. The molecule has 0 saturated heterocycles. The molecule has 0 fully saturated rings. The standard InChI is InChI=1S/C15H22ClN3O3/c1-15(2,3)22-13(20)9-19(4)8-11-6-5-10(7-12(11)16)14(17)18-21/h5-7,21H,8-9H2,1-4H3,(H2,17,18). The van der Waals surface area contributed by atoms with Gasteiger partial charge in [-0.1, -0.05) is 28.9 Å². The minimum Gasteiger partial charge on any atom is -0.459 e. The number of oxime groups is 1. The molecule has 1 aromatic rings. The third kappa shape index (κ3) is 5.91. The predicted molar refractivity (Wildman–Crippen MR) is 86.1 cm³/mol. The predicted octanol–water partition coefficient (Wildman–Crippen LogP) is 2.21. The number of likely N-dealkylation sites (N-methyl/N-ethyl adjacent to an activating group) is 1. The van der Waals surface area contributed by atoms with Crippen LogP contribution in [0.1, 0.15) is 31.9 Å². The first-order chi connectivity index (χ1) is 10.1. The zero-order valence-electron chi connectivity index (χ0n) is 13.3. The summed E-state index contributed by atoms with van der Waals surface area (Å²) in [5.41, 5.74) is 6.38. The van der Waals surface area contributed by atoms with Gasteiger partial charge in [0.1, 0.15) is 5.60 Å². The van der Waals surface area contributed by atoms with Gasteiger partial charge in [0, 0.05) is 17.1 Å². The van der Waals surface area contributed by atoms with Gasteiger partial charge in [-0.2, -0.15) is 0 Å². The van der Waals surface area contributed by atoms with Crippen LogP contribution in [0.2, 0.25) is 5.02 Å².